The van der Waals surface area contributed by atoms with Crippen molar-refractivity contribution in [2.75, 3.05) is 25.6 Å². The number of hydrogen-bond donors (Lipinski definition) is 6. The topological polar surface area (TPSA) is 286 Å². The molecule has 9 atom stereocenters. The van der Waals surface area contributed by atoms with Gasteiger partial charge in [0.05, 0.1) is 19.3 Å². The van der Waals surface area contributed by atoms with Gasteiger partial charge in [0.2, 0.25) is 0 Å². The maximum Gasteiger partial charge on any atom is 0.481 e. The highest BCUT2D eigenvalue weighted by Crippen LogP contribution is 2.60. The van der Waals surface area contributed by atoms with Crippen LogP contribution in [0.4, 0.5) is 5.82 Å². The quantitative estimate of drug-likeness (QED) is 0.0117. The molecule has 0 bridgehead atoms. The average Bonchev–Trinajstić information content (AvgIpc) is 3.63. The van der Waals surface area contributed by atoms with Gasteiger partial charge in [0.1, 0.15) is 30.7 Å². The van der Waals surface area contributed by atoms with E-state index < -0.39 is 89.8 Å². The molecule has 0 amide bonds. The Labute approximate surface area is 439 Å². The van der Waals surface area contributed by atoms with Gasteiger partial charge in [-0.05, 0) is 56.9 Å². The molecule has 422 valence electrons. The number of aliphatic hydroxyl groups is 3. The molecule has 2 heterocycles. The second-order valence-electron chi connectivity index (χ2n) is 18.8. The highest BCUT2D eigenvalue weighted by molar-refractivity contribution is 7.61. The van der Waals surface area contributed by atoms with Crippen LogP contribution in [0.3, 0.4) is 0 Å². The van der Waals surface area contributed by atoms with E-state index in [1.807, 2.05) is 18.2 Å². The van der Waals surface area contributed by atoms with Crippen LogP contribution in [0.15, 0.2) is 77.8 Å². The zero-order valence-corrected chi connectivity index (χ0v) is 45.9. The Hall–Kier alpha value is -3.58. The van der Waals surface area contributed by atoms with E-state index in [0.717, 1.165) is 68.0 Å². The average molecular weight is 1090 g/mol. The molecule has 21 heteroatoms. The zero-order valence-electron chi connectivity index (χ0n) is 44.2. The fourth-order valence-corrected chi connectivity index (χ4v) is 9.84. The van der Waals surface area contributed by atoms with Crippen molar-refractivity contribution in [2.45, 2.75) is 212 Å². The number of aliphatic hydroxyl groups excluding tert-OH is 3. The number of hydrogen-bond acceptors (Lipinski definition) is 16. The van der Waals surface area contributed by atoms with Crippen LogP contribution in [0, 0.1) is 5.92 Å². The van der Waals surface area contributed by atoms with Gasteiger partial charge in [0, 0.05) is 19.0 Å². The second-order valence-corrected chi connectivity index (χ2v) is 21.8. The third-order valence-corrected chi connectivity index (χ3v) is 14.9. The number of allylic oxidation sites excluding steroid dienone is 9. The van der Waals surface area contributed by atoms with Crippen LogP contribution < -0.4 is 11.4 Å². The van der Waals surface area contributed by atoms with E-state index >= 15 is 0 Å². The Bertz CT molecular complexity index is 2010. The van der Waals surface area contributed by atoms with Crippen molar-refractivity contribution in [1.82, 2.24) is 9.55 Å². The second kappa shape index (κ2) is 39.7. The molecule has 1 aromatic rings. The number of nitrogens with zero attached hydrogens (tertiary/aromatic N) is 2. The number of nitrogens with two attached hydrogens (primary N) is 1. The summed E-state index contributed by atoms with van der Waals surface area (Å²) in [7, 11) is -10.9. The standard InChI is InChI=1S/C53H89N3O16P2/c1-4-6-7-8-9-10-11-14-18-21-24-27-30-34-44(57)35-32-37-49(59)70-45(40-67-48(58)36-31-28-25-22-19-16-13-12-15-17-20-23-26-29-33-43(3)5-2)41-68-73(63,64)72-74(65,66)69-42-46-50(60)51(61)52(71-46)56-39-38-47(54)55-53(56)62/h6-7,9-10,14,18,24,27,30,34,38-39,43-46,50-52,57,60-61H,4-5,8,11-13,15-17,19-23,25-26,28-29,31-33,35-37,40-42H2,1-3H3,(H,63,64)(H,65,66)(H2,54,55,62)/b7-6-,10-9-,18-14-,27-24-,34-30+/t43?,44?,45-,46-,50-,51-,52-/m1/s1. The molecule has 0 radical (unpaired) electrons. The van der Waals surface area contributed by atoms with Crippen LogP contribution in [-0.4, -0.2) is 96.9 Å². The smallest absolute Gasteiger partial charge is 0.462 e. The fourth-order valence-electron chi connectivity index (χ4n) is 7.73. The number of carbonyl (C=O) groups excluding carboxylic acids is 2. The largest absolute Gasteiger partial charge is 0.481 e. The Balaban J connectivity index is 1.83. The lowest BCUT2D eigenvalue weighted by Gasteiger charge is -2.21. The summed E-state index contributed by atoms with van der Waals surface area (Å²) >= 11 is 0. The van der Waals surface area contributed by atoms with Gasteiger partial charge >= 0.3 is 33.3 Å². The van der Waals surface area contributed by atoms with Gasteiger partial charge in [-0.3, -0.25) is 23.2 Å². The summed E-state index contributed by atoms with van der Waals surface area (Å²) in [4.78, 5) is 62.0. The van der Waals surface area contributed by atoms with Crippen molar-refractivity contribution >= 4 is 33.4 Å². The predicted molar refractivity (Wildman–Crippen MR) is 285 cm³/mol. The number of ether oxygens (including phenoxy) is 3. The van der Waals surface area contributed by atoms with E-state index in [2.05, 4.69) is 60.4 Å². The van der Waals surface area contributed by atoms with E-state index in [-0.39, 0.29) is 31.5 Å². The zero-order chi connectivity index (χ0) is 54.5. The van der Waals surface area contributed by atoms with E-state index in [1.165, 1.54) is 76.7 Å². The van der Waals surface area contributed by atoms with Gasteiger partial charge in [0.15, 0.2) is 12.3 Å². The molecule has 0 aromatic carbocycles. The van der Waals surface area contributed by atoms with Crippen LogP contribution in [-0.2, 0) is 46.3 Å². The summed E-state index contributed by atoms with van der Waals surface area (Å²) in [6.45, 7) is 4.22. The number of anilines is 1. The number of rotatable bonds is 43. The lowest BCUT2D eigenvalue weighted by atomic mass is 9.99. The molecule has 1 aromatic heterocycles. The van der Waals surface area contributed by atoms with Crippen molar-refractivity contribution in [3.8, 4) is 0 Å². The molecule has 0 saturated carbocycles. The molecule has 74 heavy (non-hydrogen) atoms. The Kier molecular flexibility index (Phi) is 35.7. The van der Waals surface area contributed by atoms with Crippen molar-refractivity contribution in [3.05, 3.63) is 83.5 Å². The SMILES string of the molecule is CC/C=C\C/C=C\C/C=C\C/C=C\C=C\C(O)CCCC(=O)O[C@H](COC(=O)CCCCCCCCCCCCCCCCC(C)CC)COP(=O)(O)OP(=O)(O)OC[C@H]1O[C@@H](n2ccc(N)nc2=O)[C@H](O)[C@@H]1O. The number of esters is 2. The molecule has 7 N–H and O–H groups in total. The molecule has 19 nitrogen and oxygen atoms in total. The van der Waals surface area contributed by atoms with Crippen LogP contribution in [0.2, 0.25) is 0 Å². The van der Waals surface area contributed by atoms with Gasteiger partial charge in [-0.2, -0.15) is 9.29 Å². The molecule has 1 aliphatic heterocycles. The summed E-state index contributed by atoms with van der Waals surface area (Å²) in [5.74, 6) is -0.670. The van der Waals surface area contributed by atoms with Crippen LogP contribution in [0.5, 0.6) is 0 Å². The summed E-state index contributed by atoms with van der Waals surface area (Å²) in [6, 6.07) is 1.24. The van der Waals surface area contributed by atoms with Crippen LogP contribution in [0.1, 0.15) is 181 Å². The molecule has 1 aliphatic rings. The normalized spacial score (nSPS) is 20.2. The van der Waals surface area contributed by atoms with Gasteiger partial charge < -0.3 is 45.1 Å². The minimum absolute atomic E-state index is 0.0862. The van der Waals surface area contributed by atoms with E-state index in [0.29, 0.717) is 6.42 Å². The lowest BCUT2D eigenvalue weighted by Crippen LogP contribution is -2.36. The molecule has 1 fully saturated rings. The van der Waals surface area contributed by atoms with Crippen molar-refractivity contribution in [1.29, 1.82) is 0 Å². The molecule has 2 rings (SSSR count). The van der Waals surface area contributed by atoms with Crippen LogP contribution >= 0.6 is 15.6 Å². The number of aromatic nitrogens is 2. The highest BCUT2D eigenvalue weighted by Gasteiger charge is 2.46. The lowest BCUT2D eigenvalue weighted by molar-refractivity contribution is -0.161. The summed E-state index contributed by atoms with van der Waals surface area (Å²) < 4.78 is 56.7. The van der Waals surface area contributed by atoms with Crippen molar-refractivity contribution < 1.29 is 71.4 Å². The first kappa shape index (κ1) is 66.5. The van der Waals surface area contributed by atoms with Crippen molar-refractivity contribution in [3.63, 3.8) is 0 Å². The molecule has 0 spiro atoms. The first-order valence-electron chi connectivity index (χ1n) is 26.8. The third-order valence-electron chi connectivity index (χ3n) is 12.3. The minimum Gasteiger partial charge on any atom is -0.462 e. The first-order chi connectivity index (χ1) is 35.5. The number of phosphoric ester groups is 2. The van der Waals surface area contributed by atoms with Crippen molar-refractivity contribution in [2.24, 2.45) is 5.92 Å². The van der Waals surface area contributed by atoms with E-state index in [1.54, 1.807) is 12.2 Å². The monoisotopic (exact) mass is 1090 g/mol. The molecule has 0 aliphatic carbocycles. The highest BCUT2D eigenvalue weighted by atomic mass is 31.3. The van der Waals surface area contributed by atoms with Crippen LogP contribution in [0.25, 0.3) is 0 Å². The summed E-state index contributed by atoms with van der Waals surface area (Å²) in [5.41, 5.74) is 4.58. The molecular formula is C53H89N3O16P2. The number of carbonyl (C=O) groups is 2. The number of unbranched alkanes of at least 4 members (excludes halogenated alkanes) is 13. The Morgan fingerprint density at radius 1 is 0.743 bits per heavy atom. The molecule has 1 saturated heterocycles. The third kappa shape index (κ3) is 32.1. The Morgan fingerprint density at radius 3 is 1.89 bits per heavy atom. The number of phosphoric acid groups is 2. The van der Waals surface area contributed by atoms with E-state index in [4.69, 9.17) is 29.0 Å². The molecular weight excluding hydrogens is 997 g/mol. The molecule has 4 unspecified atom stereocenters. The predicted octanol–water partition coefficient (Wildman–Crippen LogP) is 10.3. The van der Waals surface area contributed by atoms with Gasteiger partial charge in [0.25, 0.3) is 0 Å². The first-order valence-corrected chi connectivity index (χ1v) is 29.8. The fraction of sp³-hybridized carbons (Fsp3) is 0.698. The van der Waals surface area contributed by atoms with Gasteiger partial charge in [-0.25, -0.2) is 13.9 Å². The minimum atomic E-state index is -5.48. The maximum absolute atomic E-state index is 12.9. The maximum atomic E-state index is 12.9. The summed E-state index contributed by atoms with van der Waals surface area (Å²) in [5, 5.41) is 31.3. The number of nitrogen functional groups attached to an aromatic ring is 1. The summed E-state index contributed by atoms with van der Waals surface area (Å²) in [6.07, 6.45) is 34.6. The Morgan fingerprint density at radius 2 is 1.30 bits per heavy atom. The van der Waals surface area contributed by atoms with Gasteiger partial charge in [-0.1, -0.05) is 178 Å². The van der Waals surface area contributed by atoms with Gasteiger partial charge in [-0.15, -0.1) is 0 Å². The van der Waals surface area contributed by atoms with E-state index in [9.17, 15) is 48.6 Å².